The van der Waals surface area contributed by atoms with Gasteiger partial charge in [-0.15, -0.1) is 0 Å². The molecule has 0 aliphatic rings. The first-order chi connectivity index (χ1) is 7.41. The summed E-state index contributed by atoms with van der Waals surface area (Å²) in [4.78, 5) is 20.5. The van der Waals surface area contributed by atoms with Crippen LogP contribution in [0.5, 0.6) is 0 Å². The van der Waals surface area contributed by atoms with Crippen LogP contribution in [-0.2, 0) is 4.79 Å². The molecule has 0 heterocycles. The fourth-order valence-corrected chi connectivity index (χ4v) is 1.98. The Morgan fingerprint density at radius 2 is 2.19 bits per heavy atom. The second-order valence-corrected chi connectivity index (χ2v) is 3.95. The summed E-state index contributed by atoms with van der Waals surface area (Å²) in [6.45, 7) is 1.60. The third kappa shape index (κ3) is 2.90. The lowest BCUT2D eigenvalue weighted by molar-refractivity contribution is -0.386. The molecule has 0 atom stereocenters. The van der Waals surface area contributed by atoms with E-state index >= 15 is 0 Å². The Morgan fingerprint density at radius 3 is 2.62 bits per heavy atom. The van der Waals surface area contributed by atoms with Crippen molar-refractivity contribution in [3.63, 3.8) is 0 Å². The first kappa shape index (κ1) is 12.4. The van der Waals surface area contributed by atoms with Gasteiger partial charge in [0.2, 0.25) is 0 Å². The number of carbonyl (C=O) groups is 1. The van der Waals surface area contributed by atoms with Crippen molar-refractivity contribution in [2.45, 2.75) is 6.92 Å². The standard InChI is InChI=1S/C10H8BrNO4/c1-6-4-7(2-3-9(13)14)5-8(11)10(6)12(15)16/h2-5H,1H3,(H,13,14)/b3-2+. The Bertz CT molecular complexity index is 459. The molecule has 84 valence electrons. The summed E-state index contributed by atoms with van der Waals surface area (Å²) < 4.78 is 0.336. The third-order valence-electron chi connectivity index (χ3n) is 1.88. The molecule has 0 saturated carbocycles. The van der Waals surface area contributed by atoms with Gasteiger partial charge in [-0.1, -0.05) is 0 Å². The largest absolute Gasteiger partial charge is 0.478 e. The lowest BCUT2D eigenvalue weighted by Crippen LogP contribution is -1.94. The van der Waals surface area contributed by atoms with E-state index in [-0.39, 0.29) is 5.69 Å². The molecule has 0 radical (unpaired) electrons. The number of carboxylic acid groups (broad SMARTS) is 1. The second kappa shape index (κ2) is 4.89. The van der Waals surface area contributed by atoms with Gasteiger partial charge >= 0.3 is 5.97 Å². The second-order valence-electron chi connectivity index (χ2n) is 3.10. The molecule has 0 spiro atoms. The number of nitrogens with zero attached hydrogens (tertiary/aromatic N) is 1. The van der Waals surface area contributed by atoms with E-state index in [0.717, 1.165) is 6.08 Å². The van der Waals surface area contributed by atoms with E-state index in [0.29, 0.717) is 15.6 Å². The molecule has 0 fully saturated rings. The number of hydrogen-bond donors (Lipinski definition) is 1. The number of halogens is 1. The highest BCUT2D eigenvalue weighted by molar-refractivity contribution is 9.10. The molecule has 0 amide bonds. The summed E-state index contributed by atoms with van der Waals surface area (Å²) in [5.74, 6) is -1.06. The first-order valence-electron chi connectivity index (χ1n) is 4.27. The Kier molecular flexibility index (Phi) is 3.78. The zero-order chi connectivity index (χ0) is 12.3. The molecule has 1 aromatic rings. The van der Waals surface area contributed by atoms with Crippen LogP contribution in [-0.4, -0.2) is 16.0 Å². The zero-order valence-corrected chi connectivity index (χ0v) is 9.89. The van der Waals surface area contributed by atoms with Crippen molar-refractivity contribution in [3.05, 3.63) is 43.9 Å². The molecule has 0 aliphatic carbocycles. The quantitative estimate of drug-likeness (QED) is 0.526. The van der Waals surface area contributed by atoms with Crippen molar-refractivity contribution < 1.29 is 14.8 Å². The van der Waals surface area contributed by atoms with E-state index in [9.17, 15) is 14.9 Å². The maximum Gasteiger partial charge on any atom is 0.328 e. The van der Waals surface area contributed by atoms with Crippen molar-refractivity contribution in [2.24, 2.45) is 0 Å². The van der Waals surface area contributed by atoms with Crippen molar-refractivity contribution in [3.8, 4) is 0 Å². The molecular formula is C10H8BrNO4. The van der Waals surface area contributed by atoms with Crippen LogP contribution in [0, 0.1) is 17.0 Å². The van der Waals surface area contributed by atoms with Gasteiger partial charge in [0.1, 0.15) is 0 Å². The molecule has 6 heteroatoms. The van der Waals surface area contributed by atoms with Gasteiger partial charge in [0.25, 0.3) is 5.69 Å². The van der Waals surface area contributed by atoms with E-state index < -0.39 is 10.9 Å². The monoisotopic (exact) mass is 285 g/mol. The van der Waals surface area contributed by atoms with Crippen molar-refractivity contribution >= 4 is 33.7 Å². The van der Waals surface area contributed by atoms with Crippen LogP contribution < -0.4 is 0 Å². The van der Waals surface area contributed by atoms with Gasteiger partial charge in [-0.2, -0.15) is 0 Å². The molecule has 1 rings (SSSR count). The average molecular weight is 286 g/mol. The minimum absolute atomic E-state index is 0.00697. The van der Waals surface area contributed by atoms with Crippen LogP contribution in [0.2, 0.25) is 0 Å². The number of aryl methyl sites for hydroxylation is 1. The van der Waals surface area contributed by atoms with Gasteiger partial charge in [-0.3, -0.25) is 10.1 Å². The highest BCUT2D eigenvalue weighted by atomic mass is 79.9. The molecular weight excluding hydrogens is 278 g/mol. The van der Waals surface area contributed by atoms with Gasteiger partial charge in [0.05, 0.1) is 9.40 Å². The molecule has 0 unspecified atom stereocenters. The topological polar surface area (TPSA) is 80.4 Å². The minimum Gasteiger partial charge on any atom is -0.478 e. The van der Waals surface area contributed by atoms with Gasteiger partial charge in [-0.25, -0.2) is 4.79 Å². The summed E-state index contributed by atoms with van der Waals surface area (Å²) in [5.41, 5.74) is 1.06. The predicted molar refractivity (Wildman–Crippen MR) is 62.2 cm³/mol. The first-order valence-corrected chi connectivity index (χ1v) is 5.06. The van der Waals surface area contributed by atoms with Crippen LogP contribution in [0.15, 0.2) is 22.7 Å². The SMILES string of the molecule is Cc1cc(/C=C/C(=O)O)cc(Br)c1[N+](=O)[O-]. The van der Waals surface area contributed by atoms with E-state index in [1.165, 1.54) is 12.1 Å². The Balaban J connectivity index is 3.20. The van der Waals surface area contributed by atoms with E-state index in [1.807, 2.05) is 0 Å². The summed E-state index contributed by atoms with van der Waals surface area (Å²) in [7, 11) is 0. The normalized spacial score (nSPS) is 10.6. The Morgan fingerprint density at radius 1 is 1.56 bits per heavy atom. The number of aliphatic carboxylic acids is 1. The fourth-order valence-electron chi connectivity index (χ4n) is 1.26. The molecule has 0 aliphatic heterocycles. The summed E-state index contributed by atoms with van der Waals surface area (Å²) in [6, 6.07) is 3.06. The Hall–Kier alpha value is -1.69. The fraction of sp³-hybridized carbons (Fsp3) is 0.100. The third-order valence-corrected chi connectivity index (χ3v) is 2.48. The summed E-state index contributed by atoms with van der Waals surface area (Å²) in [6.07, 6.45) is 2.36. The van der Waals surface area contributed by atoms with Crippen molar-refractivity contribution in [1.82, 2.24) is 0 Å². The van der Waals surface area contributed by atoms with Crippen LogP contribution in [0.25, 0.3) is 6.08 Å². The number of benzene rings is 1. The zero-order valence-electron chi connectivity index (χ0n) is 8.31. The maximum absolute atomic E-state index is 10.7. The maximum atomic E-state index is 10.7. The highest BCUT2D eigenvalue weighted by Gasteiger charge is 2.15. The molecule has 1 aromatic carbocycles. The van der Waals surface area contributed by atoms with Crippen LogP contribution in [0.3, 0.4) is 0 Å². The smallest absolute Gasteiger partial charge is 0.328 e. The number of carboxylic acids is 1. The molecule has 5 nitrogen and oxygen atoms in total. The van der Waals surface area contributed by atoms with Gasteiger partial charge in [0.15, 0.2) is 0 Å². The van der Waals surface area contributed by atoms with Crippen molar-refractivity contribution in [1.29, 1.82) is 0 Å². The van der Waals surface area contributed by atoms with E-state index in [2.05, 4.69) is 15.9 Å². The summed E-state index contributed by atoms with van der Waals surface area (Å²) >= 11 is 3.08. The van der Waals surface area contributed by atoms with E-state index in [1.54, 1.807) is 13.0 Å². The molecule has 1 N–H and O–H groups in total. The molecule has 0 saturated heterocycles. The molecule has 0 aromatic heterocycles. The minimum atomic E-state index is -1.06. The lowest BCUT2D eigenvalue weighted by atomic mass is 10.1. The van der Waals surface area contributed by atoms with Crippen LogP contribution in [0.1, 0.15) is 11.1 Å². The number of hydrogen-bond acceptors (Lipinski definition) is 3. The van der Waals surface area contributed by atoms with Gasteiger partial charge < -0.3 is 5.11 Å². The summed E-state index contributed by atoms with van der Waals surface area (Å²) in [5, 5.41) is 19.1. The van der Waals surface area contributed by atoms with E-state index in [4.69, 9.17) is 5.11 Å². The molecule has 16 heavy (non-hydrogen) atoms. The van der Waals surface area contributed by atoms with Gasteiger partial charge in [0, 0.05) is 11.6 Å². The average Bonchev–Trinajstić information content (AvgIpc) is 2.12. The number of rotatable bonds is 3. The predicted octanol–water partition coefficient (Wildman–Crippen LogP) is 2.76. The lowest BCUT2D eigenvalue weighted by Gasteiger charge is -2.01. The highest BCUT2D eigenvalue weighted by Crippen LogP contribution is 2.30. The van der Waals surface area contributed by atoms with Crippen LogP contribution >= 0.6 is 15.9 Å². The Labute approximate surface area is 99.7 Å². The van der Waals surface area contributed by atoms with Gasteiger partial charge in [-0.05, 0) is 46.6 Å². The number of nitro benzene ring substituents is 1. The number of nitro groups is 1. The van der Waals surface area contributed by atoms with Crippen LogP contribution in [0.4, 0.5) is 5.69 Å². The van der Waals surface area contributed by atoms with Crippen molar-refractivity contribution in [2.75, 3.05) is 0 Å². The molecule has 0 bridgehead atoms.